The monoisotopic (exact) mass is 304 g/mol. The molecule has 20 heavy (non-hydrogen) atoms. The summed E-state index contributed by atoms with van der Waals surface area (Å²) in [5.41, 5.74) is 0.970. The van der Waals surface area contributed by atoms with Gasteiger partial charge < -0.3 is 5.11 Å². The minimum Gasteiger partial charge on any atom is -0.478 e. The van der Waals surface area contributed by atoms with Gasteiger partial charge in [0.05, 0.1) is 5.56 Å². The van der Waals surface area contributed by atoms with Gasteiger partial charge in [-0.05, 0) is 25.1 Å². The van der Waals surface area contributed by atoms with Crippen LogP contribution >= 0.6 is 22.9 Å². The van der Waals surface area contributed by atoms with Gasteiger partial charge >= 0.3 is 5.97 Å². The number of hydrogen-bond acceptors (Lipinski definition) is 4. The first-order valence-electron chi connectivity index (χ1n) is 5.82. The number of nitrogens with zero attached hydrogens (tertiary/aromatic N) is 2. The molecule has 0 fully saturated rings. The first kappa shape index (κ1) is 13.0. The summed E-state index contributed by atoms with van der Waals surface area (Å²) in [5, 5.41) is 10.1. The molecule has 2 heterocycles. The molecule has 0 spiro atoms. The molecule has 0 radical (unpaired) electrons. The first-order valence-corrected chi connectivity index (χ1v) is 7.01. The van der Waals surface area contributed by atoms with E-state index in [1.807, 2.05) is 13.0 Å². The highest BCUT2D eigenvalue weighted by atomic mass is 35.5. The molecule has 0 unspecified atom stereocenters. The lowest BCUT2D eigenvalue weighted by Crippen LogP contribution is -1.96. The van der Waals surface area contributed by atoms with Gasteiger partial charge in [-0.15, -0.1) is 11.3 Å². The zero-order valence-electron chi connectivity index (χ0n) is 10.4. The Labute approximate surface area is 123 Å². The van der Waals surface area contributed by atoms with Crippen molar-refractivity contribution < 1.29 is 9.90 Å². The molecular weight excluding hydrogens is 296 g/mol. The summed E-state index contributed by atoms with van der Waals surface area (Å²) in [6, 6.07) is 8.38. The SMILES string of the molecule is Cc1cc2c(Cl)nc(-c3ccc(C(=O)O)cc3)nc2s1. The Kier molecular flexibility index (Phi) is 3.16. The maximum Gasteiger partial charge on any atom is 0.335 e. The third-order valence-electron chi connectivity index (χ3n) is 2.86. The molecule has 0 aliphatic rings. The number of halogens is 1. The molecular formula is C14H9ClN2O2S. The summed E-state index contributed by atoms with van der Waals surface area (Å²) >= 11 is 7.72. The maximum absolute atomic E-state index is 10.8. The van der Waals surface area contributed by atoms with E-state index in [0.29, 0.717) is 11.0 Å². The van der Waals surface area contributed by atoms with Crippen LogP contribution in [0.3, 0.4) is 0 Å². The number of hydrogen-bond donors (Lipinski definition) is 1. The molecule has 4 nitrogen and oxygen atoms in total. The average molecular weight is 305 g/mol. The summed E-state index contributed by atoms with van der Waals surface area (Å²) < 4.78 is 0. The van der Waals surface area contributed by atoms with Crippen molar-refractivity contribution >= 4 is 39.1 Å². The van der Waals surface area contributed by atoms with Gasteiger partial charge in [0.2, 0.25) is 0 Å². The number of carbonyl (C=O) groups is 1. The van der Waals surface area contributed by atoms with Crippen molar-refractivity contribution in [1.29, 1.82) is 0 Å². The van der Waals surface area contributed by atoms with Gasteiger partial charge in [-0.25, -0.2) is 14.8 Å². The van der Waals surface area contributed by atoms with E-state index < -0.39 is 5.97 Å². The molecule has 0 saturated heterocycles. The number of rotatable bonds is 2. The number of carboxylic acids is 1. The van der Waals surface area contributed by atoms with Crippen LogP contribution in [0.4, 0.5) is 0 Å². The van der Waals surface area contributed by atoms with E-state index in [0.717, 1.165) is 20.7 Å². The van der Waals surface area contributed by atoms with Gasteiger partial charge in [0.1, 0.15) is 9.98 Å². The van der Waals surface area contributed by atoms with Crippen molar-refractivity contribution in [2.45, 2.75) is 6.92 Å². The number of aromatic carboxylic acids is 1. The van der Waals surface area contributed by atoms with E-state index in [-0.39, 0.29) is 5.56 Å². The first-order chi connectivity index (χ1) is 9.54. The normalized spacial score (nSPS) is 10.9. The largest absolute Gasteiger partial charge is 0.478 e. The number of carboxylic acid groups (broad SMARTS) is 1. The van der Waals surface area contributed by atoms with Crippen LogP contribution in [0, 0.1) is 6.92 Å². The topological polar surface area (TPSA) is 63.1 Å². The molecule has 0 amide bonds. The van der Waals surface area contributed by atoms with Crippen molar-refractivity contribution in [3.63, 3.8) is 0 Å². The van der Waals surface area contributed by atoms with E-state index in [2.05, 4.69) is 9.97 Å². The predicted octanol–water partition coefficient (Wildman–Crippen LogP) is 4.02. The predicted molar refractivity (Wildman–Crippen MR) is 79.6 cm³/mol. The van der Waals surface area contributed by atoms with Crippen LogP contribution in [0.5, 0.6) is 0 Å². The Morgan fingerprint density at radius 3 is 2.60 bits per heavy atom. The molecule has 6 heteroatoms. The quantitative estimate of drug-likeness (QED) is 0.726. The lowest BCUT2D eigenvalue weighted by atomic mass is 10.1. The minimum atomic E-state index is -0.958. The summed E-state index contributed by atoms with van der Waals surface area (Å²) in [6.07, 6.45) is 0. The standard InChI is InChI=1S/C14H9ClN2O2S/c1-7-6-10-11(15)16-12(17-13(10)20-7)8-2-4-9(5-3-8)14(18)19/h2-6H,1H3,(H,18,19). The van der Waals surface area contributed by atoms with Crippen LogP contribution in [0.25, 0.3) is 21.6 Å². The maximum atomic E-state index is 10.8. The van der Waals surface area contributed by atoms with Gasteiger partial charge in [0.25, 0.3) is 0 Å². The van der Waals surface area contributed by atoms with Crippen molar-refractivity contribution in [2.24, 2.45) is 0 Å². The van der Waals surface area contributed by atoms with E-state index in [9.17, 15) is 4.79 Å². The summed E-state index contributed by atoms with van der Waals surface area (Å²) in [5.74, 6) is -0.457. The van der Waals surface area contributed by atoms with E-state index >= 15 is 0 Å². The smallest absolute Gasteiger partial charge is 0.335 e. The van der Waals surface area contributed by atoms with Crippen LogP contribution in [0.15, 0.2) is 30.3 Å². The Morgan fingerprint density at radius 2 is 1.95 bits per heavy atom. The Hall–Kier alpha value is -1.98. The van der Waals surface area contributed by atoms with Gasteiger partial charge in [-0.3, -0.25) is 0 Å². The van der Waals surface area contributed by atoms with Crippen LogP contribution in [-0.2, 0) is 0 Å². The number of aromatic nitrogens is 2. The fourth-order valence-corrected chi connectivity index (χ4v) is 3.06. The second-order valence-electron chi connectivity index (χ2n) is 4.30. The Morgan fingerprint density at radius 1 is 1.25 bits per heavy atom. The zero-order chi connectivity index (χ0) is 14.3. The van der Waals surface area contributed by atoms with E-state index in [1.165, 1.54) is 12.1 Å². The van der Waals surface area contributed by atoms with E-state index in [4.69, 9.17) is 16.7 Å². The van der Waals surface area contributed by atoms with Gasteiger partial charge in [0.15, 0.2) is 5.82 Å². The fraction of sp³-hybridized carbons (Fsp3) is 0.0714. The number of benzene rings is 1. The molecule has 100 valence electrons. The van der Waals surface area contributed by atoms with E-state index in [1.54, 1.807) is 23.5 Å². The summed E-state index contributed by atoms with van der Waals surface area (Å²) in [7, 11) is 0. The van der Waals surface area contributed by atoms with Crippen LogP contribution < -0.4 is 0 Å². The zero-order valence-corrected chi connectivity index (χ0v) is 12.0. The molecule has 0 atom stereocenters. The number of thiophene rings is 1. The lowest BCUT2D eigenvalue weighted by molar-refractivity contribution is 0.0697. The third-order valence-corrected chi connectivity index (χ3v) is 4.09. The molecule has 3 rings (SSSR count). The van der Waals surface area contributed by atoms with Gasteiger partial charge in [-0.2, -0.15) is 0 Å². The molecule has 1 aromatic carbocycles. The van der Waals surface area contributed by atoms with Gasteiger partial charge in [-0.1, -0.05) is 23.7 Å². The van der Waals surface area contributed by atoms with Crippen molar-refractivity contribution in [3.05, 3.63) is 45.9 Å². The van der Waals surface area contributed by atoms with Crippen LogP contribution in [0.1, 0.15) is 15.2 Å². The van der Waals surface area contributed by atoms with Crippen molar-refractivity contribution in [2.75, 3.05) is 0 Å². The van der Waals surface area contributed by atoms with Crippen LogP contribution in [0.2, 0.25) is 5.15 Å². The summed E-state index contributed by atoms with van der Waals surface area (Å²) in [6.45, 7) is 1.99. The average Bonchev–Trinajstić information content (AvgIpc) is 2.80. The molecule has 0 aliphatic heterocycles. The third kappa shape index (κ3) is 2.26. The highest BCUT2D eigenvalue weighted by Crippen LogP contribution is 2.30. The number of aryl methyl sites for hydroxylation is 1. The summed E-state index contributed by atoms with van der Waals surface area (Å²) in [4.78, 5) is 21.5. The molecule has 3 aromatic rings. The lowest BCUT2D eigenvalue weighted by Gasteiger charge is -2.02. The highest BCUT2D eigenvalue weighted by molar-refractivity contribution is 7.18. The molecule has 0 aliphatic carbocycles. The molecule has 0 bridgehead atoms. The van der Waals surface area contributed by atoms with Crippen LogP contribution in [-0.4, -0.2) is 21.0 Å². The molecule has 2 aromatic heterocycles. The Bertz CT molecular complexity index is 812. The molecule has 0 saturated carbocycles. The second-order valence-corrected chi connectivity index (χ2v) is 5.89. The van der Waals surface area contributed by atoms with Crippen molar-refractivity contribution in [3.8, 4) is 11.4 Å². The van der Waals surface area contributed by atoms with Gasteiger partial charge in [0, 0.05) is 15.8 Å². The molecule has 1 N–H and O–H groups in total. The highest BCUT2D eigenvalue weighted by Gasteiger charge is 2.11. The fourth-order valence-electron chi connectivity index (χ4n) is 1.90. The Balaban J connectivity index is 2.11. The minimum absolute atomic E-state index is 0.230. The second kappa shape index (κ2) is 4.85. The van der Waals surface area contributed by atoms with Crippen molar-refractivity contribution in [1.82, 2.24) is 9.97 Å². The number of fused-ring (bicyclic) bond motifs is 1.